The molecule has 5 rings (SSSR count). The van der Waals surface area contributed by atoms with Gasteiger partial charge in [-0.15, -0.1) is 0 Å². The molecule has 0 bridgehead atoms. The first kappa shape index (κ1) is 25.5. The van der Waals surface area contributed by atoms with Crippen molar-refractivity contribution in [1.82, 2.24) is 18.8 Å². The molecule has 2 aliphatic heterocycles. The van der Waals surface area contributed by atoms with E-state index in [4.69, 9.17) is 4.74 Å². The molecule has 9 heteroatoms. The number of methoxy groups -OCH3 is 1. The van der Waals surface area contributed by atoms with Crippen LogP contribution in [0.2, 0.25) is 0 Å². The number of aliphatic hydroxyl groups is 1. The summed E-state index contributed by atoms with van der Waals surface area (Å²) in [6.45, 7) is 1.74. The van der Waals surface area contributed by atoms with Gasteiger partial charge in [0.05, 0.1) is 20.0 Å². The summed E-state index contributed by atoms with van der Waals surface area (Å²) in [5.74, 6) is 7.20. The molecule has 3 aromatic rings. The highest BCUT2D eigenvalue weighted by molar-refractivity contribution is 7.89. The molecule has 0 aliphatic carbocycles. The second-order valence-corrected chi connectivity index (χ2v) is 11.5. The van der Waals surface area contributed by atoms with Crippen LogP contribution >= 0.6 is 0 Å². The monoisotopic (exact) mass is 520 g/mol. The van der Waals surface area contributed by atoms with Crippen molar-refractivity contribution in [1.29, 1.82) is 0 Å². The molecular formula is C28H32N4O4S. The van der Waals surface area contributed by atoms with Gasteiger partial charge in [-0.1, -0.05) is 24.0 Å². The number of aryl methyl sites for hydroxylation is 1. The van der Waals surface area contributed by atoms with Crippen molar-refractivity contribution in [2.45, 2.75) is 35.9 Å². The number of rotatable bonds is 5. The SMILES string of the molecule is COc1ccc(C#Cc2ccc([C@H]3[C@H]4CN(S(=O)(=O)c5cn(C)cn5)CCCCN4[C@H]3CO)cc2)cc1. The second kappa shape index (κ2) is 10.7. The zero-order valence-corrected chi connectivity index (χ0v) is 21.9. The summed E-state index contributed by atoms with van der Waals surface area (Å²) in [6, 6.07) is 15.7. The zero-order chi connectivity index (χ0) is 26.0. The Morgan fingerprint density at radius 3 is 2.27 bits per heavy atom. The number of sulfonamides is 1. The van der Waals surface area contributed by atoms with Gasteiger partial charge in [0.15, 0.2) is 5.03 Å². The molecule has 194 valence electrons. The van der Waals surface area contributed by atoms with E-state index in [1.54, 1.807) is 29.2 Å². The first-order valence-electron chi connectivity index (χ1n) is 12.5. The average molecular weight is 521 g/mol. The van der Waals surface area contributed by atoms with Crippen LogP contribution in [0.5, 0.6) is 5.75 Å². The lowest BCUT2D eigenvalue weighted by Gasteiger charge is -2.57. The van der Waals surface area contributed by atoms with E-state index in [0.717, 1.165) is 41.8 Å². The molecule has 3 atom stereocenters. The lowest BCUT2D eigenvalue weighted by molar-refractivity contribution is -0.0554. The number of aliphatic hydroxyl groups excluding tert-OH is 1. The maximum absolute atomic E-state index is 13.4. The van der Waals surface area contributed by atoms with Crippen LogP contribution in [0.15, 0.2) is 66.1 Å². The number of hydrogen-bond donors (Lipinski definition) is 1. The summed E-state index contributed by atoms with van der Waals surface area (Å²) in [5.41, 5.74) is 2.89. The predicted octanol–water partition coefficient (Wildman–Crippen LogP) is 2.44. The molecule has 1 N–H and O–H groups in total. The average Bonchev–Trinajstić information content (AvgIpc) is 3.34. The van der Waals surface area contributed by atoms with E-state index in [9.17, 15) is 13.5 Å². The highest BCUT2D eigenvalue weighted by Gasteiger charge is 2.50. The Bertz CT molecular complexity index is 1390. The minimum Gasteiger partial charge on any atom is -0.497 e. The van der Waals surface area contributed by atoms with Gasteiger partial charge in [0.25, 0.3) is 10.0 Å². The van der Waals surface area contributed by atoms with E-state index in [1.165, 1.54) is 6.33 Å². The summed E-state index contributed by atoms with van der Waals surface area (Å²) in [6.07, 6.45) is 4.72. The van der Waals surface area contributed by atoms with Gasteiger partial charge >= 0.3 is 0 Å². The molecule has 2 aromatic carbocycles. The molecule has 0 unspecified atom stereocenters. The molecule has 2 saturated heterocycles. The van der Waals surface area contributed by atoms with E-state index in [0.29, 0.717) is 13.1 Å². The Hall–Kier alpha value is -3.16. The Morgan fingerprint density at radius 2 is 1.68 bits per heavy atom. The van der Waals surface area contributed by atoms with Gasteiger partial charge in [-0.3, -0.25) is 4.90 Å². The van der Waals surface area contributed by atoms with E-state index in [1.807, 2.05) is 36.4 Å². The van der Waals surface area contributed by atoms with Crippen LogP contribution in [0.1, 0.15) is 35.4 Å². The first-order valence-corrected chi connectivity index (χ1v) is 14.0. The summed E-state index contributed by atoms with van der Waals surface area (Å²) in [5, 5.41) is 10.3. The third-order valence-electron chi connectivity index (χ3n) is 7.35. The number of nitrogens with zero attached hydrogens (tertiary/aromatic N) is 4. The van der Waals surface area contributed by atoms with Crippen molar-refractivity contribution < 1.29 is 18.3 Å². The summed E-state index contributed by atoms with van der Waals surface area (Å²) < 4.78 is 35.1. The quantitative estimate of drug-likeness (QED) is 0.520. The lowest BCUT2D eigenvalue weighted by Crippen LogP contribution is -2.67. The topological polar surface area (TPSA) is 87.9 Å². The van der Waals surface area contributed by atoms with Gasteiger partial charge in [-0.2, -0.15) is 4.31 Å². The van der Waals surface area contributed by atoms with Crippen LogP contribution in [0.4, 0.5) is 0 Å². The van der Waals surface area contributed by atoms with Crippen LogP contribution < -0.4 is 4.74 Å². The van der Waals surface area contributed by atoms with Crippen LogP contribution in [0.25, 0.3) is 0 Å². The normalized spacial score (nSPS) is 22.6. The highest BCUT2D eigenvalue weighted by atomic mass is 32.2. The largest absolute Gasteiger partial charge is 0.497 e. The fraction of sp³-hybridized carbons (Fsp3) is 0.393. The minimum atomic E-state index is -3.69. The van der Waals surface area contributed by atoms with Crippen molar-refractivity contribution in [3.63, 3.8) is 0 Å². The summed E-state index contributed by atoms with van der Waals surface area (Å²) >= 11 is 0. The molecule has 2 aliphatic rings. The maximum atomic E-state index is 13.4. The first-order chi connectivity index (χ1) is 17.9. The van der Waals surface area contributed by atoms with E-state index >= 15 is 0 Å². The number of imidazole rings is 1. The molecule has 8 nitrogen and oxygen atoms in total. The van der Waals surface area contributed by atoms with E-state index < -0.39 is 10.0 Å². The molecule has 2 fully saturated rings. The molecule has 1 aromatic heterocycles. The van der Waals surface area contributed by atoms with Crippen LogP contribution in [0, 0.1) is 11.8 Å². The number of benzene rings is 2. The molecular weight excluding hydrogens is 488 g/mol. The Kier molecular flexibility index (Phi) is 7.36. The predicted molar refractivity (Wildman–Crippen MR) is 141 cm³/mol. The Balaban J connectivity index is 1.36. The molecule has 0 spiro atoms. The number of hydrogen-bond acceptors (Lipinski definition) is 6. The maximum Gasteiger partial charge on any atom is 0.262 e. The zero-order valence-electron chi connectivity index (χ0n) is 21.1. The molecule has 37 heavy (non-hydrogen) atoms. The second-order valence-electron chi connectivity index (χ2n) is 9.63. The Morgan fingerprint density at radius 1 is 1.03 bits per heavy atom. The van der Waals surface area contributed by atoms with Gasteiger partial charge in [0.2, 0.25) is 0 Å². The van der Waals surface area contributed by atoms with Crippen molar-refractivity contribution in [2.75, 3.05) is 33.4 Å². The summed E-state index contributed by atoms with van der Waals surface area (Å²) in [4.78, 5) is 6.37. The smallest absolute Gasteiger partial charge is 0.262 e. The minimum absolute atomic E-state index is 0.00725. The fourth-order valence-corrected chi connectivity index (χ4v) is 6.85. The highest BCUT2D eigenvalue weighted by Crippen LogP contribution is 2.42. The number of aromatic nitrogens is 2. The van der Waals surface area contributed by atoms with Crippen LogP contribution in [0.3, 0.4) is 0 Å². The molecule has 3 heterocycles. The van der Waals surface area contributed by atoms with Gasteiger partial charge in [-0.25, -0.2) is 13.4 Å². The third kappa shape index (κ3) is 5.15. The van der Waals surface area contributed by atoms with Crippen LogP contribution in [-0.2, 0) is 17.1 Å². The van der Waals surface area contributed by atoms with Crippen molar-refractivity contribution >= 4 is 10.0 Å². The van der Waals surface area contributed by atoms with Crippen LogP contribution in [-0.4, -0.2) is 77.7 Å². The third-order valence-corrected chi connectivity index (χ3v) is 9.11. The van der Waals surface area contributed by atoms with Gasteiger partial charge in [-0.05, 0) is 61.3 Å². The standard InChI is InChI=1S/C28H32N4O4S/c1-30-18-27(29-20-30)37(34,35)31-15-3-4-16-32-25(17-31)28(26(32)19-33)23-11-7-21(8-12-23)5-6-22-9-13-24(36-2)14-10-22/h7-14,18,20,25-26,28,33H,3-4,15-17,19H2,1-2H3/t25-,26+,28+/m1/s1. The molecule has 0 saturated carbocycles. The number of fused-ring (bicyclic) bond motifs is 1. The molecule has 0 amide bonds. The van der Waals surface area contributed by atoms with Crippen molar-refractivity contribution in [2.24, 2.45) is 7.05 Å². The summed E-state index contributed by atoms with van der Waals surface area (Å²) in [7, 11) is -0.291. The van der Waals surface area contributed by atoms with Crippen molar-refractivity contribution in [3.8, 4) is 17.6 Å². The fourth-order valence-electron chi connectivity index (χ4n) is 5.39. The molecule has 0 radical (unpaired) electrons. The van der Waals surface area contributed by atoms with Gasteiger partial charge < -0.3 is 14.4 Å². The van der Waals surface area contributed by atoms with Gasteiger partial charge in [0, 0.05) is 55.5 Å². The van der Waals surface area contributed by atoms with Crippen molar-refractivity contribution in [3.05, 3.63) is 77.7 Å². The lowest BCUT2D eigenvalue weighted by atomic mass is 9.74. The van der Waals surface area contributed by atoms with E-state index in [-0.39, 0.29) is 29.6 Å². The Labute approximate surface area is 218 Å². The van der Waals surface area contributed by atoms with Gasteiger partial charge in [0.1, 0.15) is 5.75 Å². The number of ether oxygens (including phenoxy) is 1. The van der Waals surface area contributed by atoms with E-state index in [2.05, 4.69) is 33.9 Å².